The van der Waals surface area contributed by atoms with Crippen molar-refractivity contribution in [3.63, 3.8) is 0 Å². The van der Waals surface area contributed by atoms with Crippen molar-refractivity contribution in [2.75, 3.05) is 5.32 Å². The molecule has 1 fully saturated rings. The maximum atomic E-state index is 13.1. The number of halogens is 1. The summed E-state index contributed by atoms with van der Waals surface area (Å²) in [5.74, 6) is -0.0920. The van der Waals surface area contributed by atoms with Gasteiger partial charge in [0, 0.05) is 5.92 Å². The molecular weight excluding hydrogens is 269 g/mol. The van der Waals surface area contributed by atoms with Crippen LogP contribution in [0.15, 0.2) is 29.2 Å². The number of benzene rings is 1. The molecule has 1 aliphatic carbocycles. The lowest BCUT2D eigenvalue weighted by molar-refractivity contribution is -0.120. The highest BCUT2D eigenvalue weighted by Crippen LogP contribution is 2.32. The Balaban J connectivity index is 2.22. The van der Waals surface area contributed by atoms with Crippen molar-refractivity contribution >= 4 is 21.8 Å². The first kappa shape index (κ1) is 14.0. The summed E-state index contributed by atoms with van der Waals surface area (Å²) in [6, 6.07) is 5.51. The molecule has 1 aliphatic rings. The fourth-order valence-corrected chi connectivity index (χ4v) is 3.17. The van der Waals surface area contributed by atoms with Crippen molar-refractivity contribution in [1.29, 1.82) is 0 Å². The zero-order valence-electron chi connectivity index (χ0n) is 10.6. The van der Waals surface area contributed by atoms with Crippen molar-refractivity contribution in [3.05, 3.63) is 24.3 Å². The van der Waals surface area contributed by atoms with Gasteiger partial charge in [-0.15, -0.1) is 3.89 Å². The predicted octanol–water partition coefficient (Wildman–Crippen LogP) is 2.72. The lowest BCUT2D eigenvalue weighted by Gasteiger charge is -2.16. The highest BCUT2D eigenvalue weighted by Gasteiger charge is 2.30. The Bertz CT molecular complexity index is 585. The van der Waals surface area contributed by atoms with E-state index in [9.17, 15) is 17.1 Å². The standard InChI is InChI=1S/C13H16FNO3S/c1-9-5-4-6-10(9)13(16)15-11-7-2-3-8-12(11)19(14,17)18/h2-3,7-10H,4-6H2,1H3,(H,15,16). The average Bonchev–Trinajstić information content (AvgIpc) is 2.75. The first-order chi connectivity index (χ1) is 8.89. The topological polar surface area (TPSA) is 63.2 Å². The number of carbonyl (C=O) groups excluding carboxylic acids is 1. The monoisotopic (exact) mass is 285 g/mol. The van der Waals surface area contributed by atoms with Gasteiger partial charge in [-0.05, 0) is 30.9 Å². The first-order valence-corrected chi connectivity index (χ1v) is 7.62. The Hall–Kier alpha value is -1.43. The lowest BCUT2D eigenvalue weighted by Crippen LogP contribution is -2.25. The Morgan fingerprint density at radius 2 is 2.00 bits per heavy atom. The highest BCUT2D eigenvalue weighted by atomic mass is 32.3. The molecule has 0 saturated heterocycles. The quantitative estimate of drug-likeness (QED) is 0.868. The molecule has 1 saturated carbocycles. The van der Waals surface area contributed by atoms with Crippen molar-refractivity contribution in [2.45, 2.75) is 31.1 Å². The minimum absolute atomic E-state index is 0.00843. The smallest absolute Gasteiger partial charge is 0.325 e. The number of hydrogen-bond donors (Lipinski definition) is 1. The largest absolute Gasteiger partial charge is 0.334 e. The summed E-state index contributed by atoms with van der Waals surface area (Å²) in [5.41, 5.74) is 0.00843. The van der Waals surface area contributed by atoms with Crippen molar-refractivity contribution < 1.29 is 17.1 Å². The average molecular weight is 285 g/mol. The molecular formula is C13H16FNO3S. The summed E-state index contributed by atoms with van der Waals surface area (Å²) in [6.07, 6.45) is 2.76. The molecule has 2 unspecified atom stereocenters. The molecule has 6 heteroatoms. The van der Waals surface area contributed by atoms with Crippen LogP contribution in [0.25, 0.3) is 0 Å². The van der Waals surface area contributed by atoms with Gasteiger partial charge in [-0.3, -0.25) is 4.79 Å². The number of nitrogens with one attached hydrogen (secondary N) is 1. The van der Waals surface area contributed by atoms with E-state index in [0.717, 1.165) is 25.3 Å². The molecule has 0 heterocycles. The summed E-state index contributed by atoms with van der Waals surface area (Å²) in [4.78, 5) is 11.6. The molecule has 1 aromatic rings. The third kappa shape index (κ3) is 3.12. The normalized spacial score (nSPS) is 23.3. The number of rotatable bonds is 3. The van der Waals surface area contributed by atoms with E-state index in [0.29, 0.717) is 0 Å². The second kappa shape index (κ2) is 5.28. The molecule has 0 bridgehead atoms. The summed E-state index contributed by atoms with van der Waals surface area (Å²) in [6.45, 7) is 2.00. The Morgan fingerprint density at radius 1 is 1.32 bits per heavy atom. The van der Waals surface area contributed by atoms with Gasteiger partial charge in [-0.1, -0.05) is 25.5 Å². The van der Waals surface area contributed by atoms with E-state index in [1.165, 1.54) is 12.1 Å². The van der Waals surface area contributed by atoms with E-state index < -0.39 is 15.1 Å². The molecule has 1 amide bonds. The van der Waals surface area contributed by atoms with Crippen molar-refractivity contribution in [2.24, 2.45) is 11.8 Å². The van der Waals surface area contributed by atoms with Crippen LogP contribution in [0.4, 0.5) is 9.57 Å². The van der Waals surface area contributed by atoms with Crippen LogP contribution in [-0.4, -0.2) is 14.3 Å². The minimum Gasteiger partial charge on any atom is -0.325 e. The predicted molar refractivity (Wildman–Crippen MR) is 69.9 cm³/mol. The Morgan fingerprint density at radius 3 is 2.58 bits per heavy atom. The zero-order valence-corrected chi connectivity index (χ0v) is 11.4. The first-order valence-electron chi connectivity index (χ1n) is 6.24. The summed E-state index contributed by atoms with van der Waals surface area (Å²) < 4.78 is 35.1. The molecule has 2 rings (SSSR count). The van der Waals surface area contributed by atoms with Crippen LogP contribution in [0, 0.1) is 11.8 Å². The van der Waals surface area contributed by atoms with Crippen LogP contribution in [0.3, 0.4) is 0 Å². The molecule has 0 aliphatic heterocycles. The van der Waals surface area contributed by atoms with Gasteiger partial charge in [0.05, 0.1) is 5.69 Å². The molecule has 19 heavy (non-hydrogen) atoms. The van der Waals surface area contributed by atoms with Crippen LogP contribution >= 0.6 is 0 Å². The van der Waals surface area contributed by atoms with Gasteiger partial charge in [0.25, 0.3) is 0 Å². The molecule has 1 aromatic carbocycles. The molecule has 0 aromatic heterocycles. The third-order valence-electron chi connectivity index (χ3n) is 3.61. The summed E-state index contributed by atoms with van der Waals surface area (Å²) in [7, 11) is -4.83. The van der Waals surface area contributed by atoms with E-state index in [4.69, 9.17) is 0 Å². The third-order valence-corrected chi connectivity index (χ3v) is 4.49. The van der Waals surface area contributed by atoms with Gasteiger partial charge in [0.15, 0.2) is 0 Å². The molecule has 1 N–H and O–H groups in total. The zero-order chi connectivity index (χ0) is 14.0. The molecule has 2 atom stereocenters. The number of anilines is 1. The van der Waals surface area contributed by atoms with Gasteiger partial charge in [0.1, 0.15) is 4.90 Å². The van der Waals surface area contributed by atoms with E-state index in [1.807, 2.05) is 6.92 Å². The fraction of sp³-hybridized carbons (Fsp3) is 0.462. The number of carbonyl (C=O) groups is 1. The van der Waals surface area contributed by atoms with Gasteiger partial charge in [-0.2, -0.15) is 8.42 Å². The van der Waals surface area contributed by atoms with E-state index in [2.05, 4.69) is 5.32 Å². The van der Waals surface area contributed by atoms with Crippen LogP contribution in [-0.2, 0) is 15.0 Å². The van der Waals surface area contributed by atoms with E-state index in [-0.39, 0.29) is 23.4 Å². The maximum Gasteiger partial charge on any atom is 0.334 e. The Labute approximate surface area is 112 Å². The summed E-state index contributed by atoms with van der Waals surface area (Å²) in [5, 5.41) is 2.53. The van der Waals surface area contributed by atoms with E-state index in [1.54, 1.807) is 6.07 Å². The van der Waals surface area contributed by atoms with Gasteiger partial charge in [-0.25, -0.2) is 0 Å². The maximum absolute atomic E-state index is 13.1. The van der Waals surface area contributed by atoms with Crippen LogP contribution in [0.1, 0.15) is 26.2 Å². The highest BCUT2D eigenvalue weighted by molar-refractivity contribution is 7.86. The second-order valence-corrected chi connectivity index (χ2v) is 6.25. The van der Waals surface area contributed by atoms with E-state index >= 15 is 0 Å². The number of amides is 1. The molecule has 0 spiro atoms. The van der Waals surface area contributed by atoms with Crippen LogP contribution in [0.5, 0.6) is 0 Å². The van der Waals surface area contributed by atoms with Gasteiger partial charge >= 0.3 is 10.2 Å². The second-order valence-electron chi connectivity index (χ2n) is 4.94. The Kier molecular flexibility index (Phi) is 3.89. The number of para-hydroxylation sites is 1. The van der Waals surface area contributed by atoms with Crippen LogP contribution in [0.2, 0.25) is 0 Å². The van der Waals surface area contributed by atoms with Crippen molar-refractivity contribution in [3.8, 4) is 0 Å². The fourth-order valence-electron chi connectivity index (χ4n) is 2.54. The molecule has 0 radical (unpaired) electrons. The van der Waals surface area contributed by atoms with Gasteiger partial charge in [0.2, 0.25) is 5.91 Å². The molecule has 104 valence electrons. The van der Waals surface area contributed by atoms with Crippen LogP contribution < -0.4 is 5.32 Å². The van der Waals surface area contributed by atoms with Gasteiger partial charge < -0.3 is 5.32 Å². The molecule has 4 nitrogen and oxygen atoms in total. The minimum atomic E-state index is -4.83. The number of hydrogen-bond acceptors (Lipinski definition) is 3. The lowest BCUT2D eigenvalue weighted by atomic mass is 9.97. The van der Waals surface area contributed by atoms with Crippen molar-refractivity contribution in [1.82, 2.24) is 0 Å². The SMILES string of the molecule is CC1CCCC1C(=O)Nc1ccccc1S(=O)(=O)F. The summed E-state index contributed by atoms with van der Waals surface area (Å²) >= 11 is 0.